The smallest absolute Gasteiger partial charge is 0.227 e. The molecule has 1 atom stereocenters. The minimum absolute atomic E-state index is 0.186. The van der Waals surface area contributed by atoms with Crippen LogP contribution in [0.1, 0.15) is 6.92 Å². The van der Waals surface area contributed by atoms with Crippen molar-refractivity contribution in [1.82, 2.24) is 35.2 Å². The summed E-state index contributed by atoms with van der Waals surface area (Å²) in [6.07, 6.45) is 8.07. The van der Waals surface area contributed by atoms with Gasteiger partial charge in [0.1, 0.15) is 18.2 Å². The molecule has 31 heavy (non-hydrogen) atoms. The normalized spacial score (nSPS) is 11.7. The quantitative estimate of drug-likeness (QED) is 0.442. The Morgan fingerprint density at radius 1 is 1.10 bits per heavy atom. The van der Waals surface area contributed by atoms with Crippen LogP contribution in [0.2, 0.25) is 5.02 Å². The summed E-state index contributed by atoms with van der Waals surface area (Å²) in [6, 6.07) is 7.31. The van der Waals surface area contributed by atoms with Gasteiger partial charge in [-0.3, -0.25) is 4.98 Å². The number of benzene rings is 1. The Morgan fingerprint density at radius 3 is 2.68 bits per heavy atom. The standard InChI is InChI=1S/C20H19ClN8O2/c1-13(11-29-12-25-27-28-29)31-18-7-14(3-4-16(18)21)15-8-23-20(24-9-15)26-17-5-6-22-10-19(17)30-2/h3-10,12-13H,11H2,1-2H3,(H,22,23,24,26). The fourth-order valence-electron chi connectivity index (χ4n) is 2.86. The molecule has 0 aliphatic heterocycles. The minimum Gasteiger partial charge on any atom is -0.493 e. The number of rotatable bonds is 8. The molecule has 0 fully saturated rings. The highest BCUT2D eigenvalue weighted by Crippen LogP contribution is 2.31. The van der Waals surface area contributed by atoms with Gasteiger partial charge in [0.05, 0.1) is 30.6 Å². The van der Waals surface area contributed by atoms with E-state index in [0.717, 1.165) is 16.8 Å². The van der Waals surface area contributed by atoms with E-state index in [4.69, 9.17) is 21.1 Å². The van der Waals surface area contributed by atoms with E-state index in [1.807, 2.05) is 19.1 Å². The second-order valence-electron chi connectivity index (χ2n) is 6.60. The summed E-state index contributed by atoms with van der Waals surface area (Å²) in [5, 5.41) is 14.7. The van der Waals surface area contributed by atoms with Crippen molar-refractivity contribution >= 4 is 23.2 Å². The first-order chi connectivity index (χ1) is 15.1. The molecule has 1 N–H and O–H groups in total. The third-order valence-corrected chi connectivity index (χ3v) is 4.64. The molecule has 158 valence electrons. The molecule has 0 radical (unpaired) electrons. The van der Waals surface area contributed by atoms with Crippen LogP contribution in [0.25, 0.3) is 11.1 Å². The monoisotopic (exact) mass is 438 g/mol. The van der Waals surface area contributed by atoms with Gasteiger partial charge in [-0.1, -0.05) is 17.7 Å². The summed E-state index contributed by atoms with van der Waals surface area (Å²) in [5.74, 6) is 1.60. The molecule has 11 heteroatoms. The van der Waals surface area contributed by atoms with Crippen molar-refractivity contribution in [3.8, 4) is 22.6 Å². The molecule has 0 amide bonds. The number of methoxy groups -OCH3 is 1. The minimum atomic E-state index is -0.186. The molecule has 0 aliphatic rings. The first-order valence-corrected chi connectivity index (χ1v) is 9.74. The molecule has 4 rings (SSSR count). The number of ether oxygens (including phenoxy) is 2. The fraction of sp³-hybridized carbons (Fsp3) is 0.200. The molecule has 1 unspecified atom stereocenters. The van der Waals surface area contributed by atoms with Crippen LogP contribution in [-0.4, -0.2) is 48.4 Å². The summed E-state index contributed by atoms with van der Waals surface area (Å²) in [5.41, 5.74) is 2.42. The Kier molecular flexibility index (Phi) is 6.18. The van der Waals surface area contributed by atoms with E-state index in [1.54, 1.807) is 48.7 Å². The van der Waals surface area contributed by atoms with Gasteiger partial charge in [-0.2, -0.15) is 0 Å². The van der Waals surface area contributed by atoms with Crippen LogP contribution in [0.15, 0.2) is 55.4 Å². The van der Waals surface area contributed by atoms with Gasteiger partial charge in [0.15, 0.2) is 5.75 Å². The van der Waals surface area contributed by atoms with Crippen molar-refractivity contribution in [2.75, 3.05) is 12.4 Å². The molecule has 0 spiro atoms. The Labute approximate surface area is 183 Å². The van der Waals surface area contributed by atoms with Crippen LogP contribution in [0.3, 0.4) is 0 Å². The van der Waals surface area contributed by atoms with Crippen LogP contribution in [0.4, 0.5) is 11.6 Å². The van der Waals surface area contributed by atoms with Gasteiger partial charge >= 0.3 is 0 Å². The molecule has 0 aliphatic carbocycles. The number of halogens is 1. The number of hydrogen-bond acceptors (Lipinski definition) is 9. The Balaban J connectivity index is 1.48. The van der Waals surface area contributed by atoms with Crippen molar-refractivity contribution in [1.29, 1.82) is 0 Å². The van der Waals surface area contributed by atoms with E-state index in [2.05, 4.69) is 35.8 Å². The van der Waals surface area contributed by atoms with Gasteiger partial charge in [-0.25, -0.2) is 14.6 Å². The lowest BCUT2D eigenvalue weighted by Gasteiger charge is -2.16. The number of anilines is 2. The Morgan fingerprint density at radius 2 is 1.94 bits per heavy atom. The molecule has 1 aromatic carbocycles. The maximum Gasteiger partial charge on any atom is 0.227 e. The van der Waals surface area contributed by atoms with Crippen molar-refractivity contribution in [2.45, 2.75) is 19.6 Å². The lowest BCUT2D eigenvalue weighted by atomic mass is 10.1. The van der Waals surface area contributed by atoms with Crippen molar-refractivity contribution in [3.63, 3.8) is 0 Å². The number of tetrazole rings is 1. The zero-order valence-corrected chi connectivity index (χ0v) is 17.6. The summed E-state index contributed by atoms with van der Waals surface area (Å²) in [6.45, 7) is 2.41. The van der Waals surface area contributed by atoms with Gasteiger partial charge in [-0.05, 0) is 41.1 Å². The van der Waals surface area contributed by atoms with Gasteiger partial charge in [-0.15, -0.1) is 5.10 Å². The third-order valence-electron chi connectivity index (χ3n) is 4.33. The number of hydrogen-bond donors (Lipinski definition) is 1. The maximum atomic E-state index is 6.32. The predicted molar refractivity (Wildman–Crippen MR) is 114 cm³/mol. The first-order valence-electron chi connectivity index (χ1n) is 9.37. The average molecular weight is 439 g/mol. The lowest BCUT2D eigenvalue weighted by molar-refractivity contribution is 0.193. The summed E-state index contributed by atoms with van der Waals surface area (Å²) in [7, 11) is 1.58. The molecule has 0 bridgehead atoms. The van der Waals surface area contributed by atoms with Crippen LogP contribution in [0.5, 0.6) is 11.5 Å². The number of aromatic nitrogens is 7. The summed E-state index contributed by atoms with van der Waals surface area (Å²) in [4.78, 5) is 12.8. The highest BCUT2D eigenvalue weighted by atomic mass is 35.5. The second kappa shape index (κ2) is 9.35. The molecule has 0 saturated heterocycles. The number of nitrogens with zero attached hydrogens (tertiary/aromatic N) is 7. The average Bonchev–Trinajstić information content (AvgIpc) is 3.29. The molecule has 3 aromatic heterocycles. The van der Waals surface area contributed by atoms with Crippen LogP contribution >= 0.6 is 11.6 Å². The van der Waals surface area contributed by atoms with E-state index in [0.29, 0.717) is 29.0 Å². The third kappa shape index (κ3) is 5.04. The van der Waals surface area contributed by atoms with E-state index in [9.17, 15) is 0 Å². The van der Waals surface area contributed by atoms with Crippen LogP contribution in [0, 0.1) is 0 Å². The van der Waals surface area contributed by atoms with Crippen molar-refractivity contribution in [3.05, 3.63) is 60.4 Å². The zero-order valence-electron chi connectivity index (χ0n) is 16.8. The molecule has 4 aromatic rings. The summed E-state index contributed by atoms with van der Waals surface area (Å²) < 4.78 is 12.9. The molecular formula is C20H19ClN8O2. The van der Waals surface area contributed by atoms with E-state index in [1.165, 1.54) is 6.33 Å². The fourth-order valence-corrected chi connectivity index (χ4v) is 3.02. The largest absolute Gasteiger partial charge is 0.493 e. The van der Waals surface area contributed by atoms with E-state index >= 15 is 0 Å². The van der Waals surface area contributed by atoms with Gasteiger partial charge in [0, 0.05) is 24.2 Å². The SMILES string of the molecule is COc1cnccc1Nc1ncc(-c2ccc(Cl)c(OC(C)Cn3cnnn3)c2)cn1. The van der Waals surface area contributed by atoms with Gasteiger partial charge in [0.2, 0.25) is 5.95 Å². The predicted octanol–water partition coefficient (Wildman–Crippen LogP) is 3.40. The number of pyridine rings is 1. The topological polar surface area (TPSA) is 113 Å². The Bertz CT molecular complexity index is 1140. The first kappa shape index (κ1) is 20.5. The van der Waals surface area contributed by atoms with Crippen molar-refractivity contribution < 1.29 is 9.47 Å². The molecular weight excluding hydrogens is 420 g/mol. The number of nitrogens with one attached hydrogen (secondary N) is 1. The highest BCUT2D eigenvalue weighted by Gasteiger charge is 2.12. The van der Waals surface area contributed by atoms with Gasteiger partial charge < -0.3 is 14.8 Å². The highest BCUT2D eigenvalue weighted by molar-refractivity contribution is 6.32. The van der Waals surface area contributed by atoms with Gasteiger partial charge in [0.25, 0.3) is 0 Å². The molecule has 3 heterocycles. The van der Waals surface area contributed by atoms with Crippen LogP contribution < -0.4 is 14.8 Å². The maximum absolute atomic E-state index is 6.32. The van der Waals surface area contributed by atoms with Crippen LogP contribution in [-0.2, 0) is 6.54 Å². The van der Waals surface area contributed by atoms with E-state index < -0.39 is 0 Å². The lowest BCUT2D eigenvalue weighted by Crippen LogP contribution is -2.20. The molecule has 0 saturated carbocycles. The van der Waals surface area contributed by atoms with Crippen molar-refractivity contribution in [2.24, 2.45) is 0 Å². The summed E-state index contributed by atoms with van der Waals surface area (Å²) >= 11 is 6.32. The Hall–Kier alpha value is -3.79. The second-order valence-corrected chi connectivity index (χ2v) is 7.01. The molecule has 10 nitrogen and oxygen atoms in total. The zero-order chi connectivity index (χ0) is 21.6. The van der Waals surface area contributed by atoms with E-state index in [-0.39, 0.29) is 6.10 Å².